The van der Waals surface area contributed by atoms with Crippen LogP contribution in [0.4, 0.5) is 4.39 Å². The number of hydrogen-bond donors (Lipinski definition) is 0. The Kier molecular flexibility index (Phi) is 5.55. The van der Waals surface area contributed by atoms with Gasteiger partial charge in [0.1, 0.15) is 24.3 Å². The van der Waals surface area contributed by atoms with E-state index in [4.69, 9.17) is 9.47 Å². The predicted molar refractivity (Wildman–Crippen MR) is 132 cm³/mol. The van der Waals surface area contributed by atoms with Gasteiger partial charge in [-0.15, -0.1) is 0 Å². The van der Waals surface area contributed by atoms with Crippen molar-refractivity contribution in [1.29, 1.82) is 0 Å². The fraction of sp³-hybridized carbons (Fsp3) is 0.393. The monoisotopic (exact) mass is 493 g/mol. The fourth-order valence-corrected chi connectivity index (χ4v) is 6.86. The zero-order chi connectivity index (χ0) is 24.2. The van der Waals surface area contributed by atoms with Crippen LogP contribution in [-0.4, -0.2) is 31.0 Å². The summed E-state index contributed by atoms with van der Waals surface area (Å²) in [6, 6.07) is 13.2. The predicted octanol–water partition coefficient (Wildman–Crippen LogP) is 5.39. The van der Waals surface area contributed by atoms with E-state index in [1.54, 1.807) is 12.3 Å². The van der Waals surface area contributed by atoms with E-state index < -0.39 is 9.84 Å². The first-order chi connectivity index (χ1) is 16.8. The number of sulfone groups is 1. The van der Waals surface area contributed by atoms with E-state index in [-0.39, 0.29) is 30.0 Å². The van der Waals surface area contributed by atoms with Crippen molar-refractivity contribution < 1.29 is 22.3 Å². The first kappa shape index (κ1) is 22.5. The topological polar surface area (TPSA) is 65.5 Å². The lowest BCUT2D eigenvalue weighted by Gasteiger charge is -2.23. The maximum atomic E-state index is 14.6. The highest BCUT2D eigenvalue weighted by Crippen LogP contribution is 2.56. The van der Waals surface area contributed by atoms with Gasteiger partial charge in [-0.3, -0.25) is 0 Å². The second kappa shape index (κ2) is 8.63. The summed E-state index contributed by atoms with van der Waals surface area (Å²) in [6.45, 7) is 2.12. The van der Waals surface area contributed by atoms with Gasteiger partial charge in [-0.1, -0.05) is 12.1 Å². The Morgan fingerprint density at radius 3 is 2.71 bits per heavy atom. The summed E-state index contributed by atoms with van der Waals surface area (Å²) in [7, 11) is -2.93. The van der Waals surface area contributed by atoms with E-state index in [0.29, 0.717) is 24.3 Å². The highest BCUT2D eigenvalue weighted by molar-refractivity contribution is 7.91. The molecule has 1 saturated carbocycles. The van der Waals surface area contributed by atoms with Gasteiger partial charge in [-0.2, -0.15) is 0 Å². The number of aryl methyl sites for hydroxylation is 1. The largest absolute Gasteiger partial charge is 0.489 e. The van der Waals surface area contributed by atoms with Gasteiger partial charge in [0.25, 0.3) is 0 Å². The zero-order valence-corrected chi connectivity index (χ0v) is 20.5. The van der Waals surface area contributed by atoms with Gasteiger partial charge in [-0.25, -0.2) is 17.8 Å². The Labute approximate surface area is 205 Å². The van der Waals surface area contributed by atoms with Gasteiger partial charge in [0.15, 0.2) is 9.84 Å². The highest BCUT2D eigenvalue weighted by Gasteiger charge is 2.44. The minimum absolute atomic E-state index is 0.143. The number of rotatable bonds is 6. The Balaban J connectivity index is 1.15. The lowest BCUT2D eigenvalue weighted by atomic mass is 10.0. The van der Waals surface area contributed by atoms with Crippen molar-refractivity contribution in [3.63, 3.8) is 0 Å². The van der Waals surface area contributed by atoms with Crippen molar-refractivity contribution >= 4 is 9.84 Å². The maximum Gasteiger partial charge on any atom is 0.213 e. The van der Waals surface area contributed by atoms with Crippen molar-refractivity contribution in [3.8, 4) is 22.8 Å². The summed E-state index contributed by atoms with van der Waals surface area (Å²) >= 11 is 0. The number of nitrogens with zero attached hydrogens (tertiary/aromatic N) is 1. The smallest absolute Gasteiger partial charge is 0.213 e. The average molecular weight is 494 g/mol. The van der Waals surface area contributed by atoms with Crippen molar-refractivity contribution in [2.24, 2.45) is 5.92 Å². The Morgan fingerprint density at radius 2 is 1.91 bits per heavy atom. The Morgan fingerprint density at radius 1 is 1.09 bits per heavy atom. The van der Waals surface area contributed by atoms with Crippen LogP contribution in [0, 0.1) is 18.7 Å². The van der Waals surface area contributed by atoms with Crippen LogP contribution < -0.4 is 9.47 Å². The molecule has 5 nitrogen and oxygen atoms in total. The third kappa shape index (κ3) is 4.66. The standard InChI is InChI=1S/C28H28FNO4S/c1-17-10-28(34-22-6-8-35(31,32)9-7-22)30-15-26(17)18-2-5-27(29)21(11-18)16-33-23-3-4-24-19(13-23)12-20-14-25(20)24/h2-5,10-11,13,15,20,22,25H,6-9,12,14,16H2,1H3. The van der Waals surface area contributed by atoms with Crippen molar-refractivity contribution in [2.75, 3.05) is 11.5 Å². The average Bonchev–Trinajstić information content (AvgIpc) is 3.51. The molecule has 0 amide bonds. The quantitative estimate of drug-likeness (QED) is 0.461. The number of fused-ring (bicyclic) bond motifs is 3. The van der Waals surface area contributed by atoms with Crippen LogP contribution in [0.5, 0.6) is 11.6 Å². The molecule has 0 radical (unpaired) electrons. The molecule has 2 aromatic carbocycles. The van der Waals surface area contributed by atoms with Gasteiger partial charge in [0, 0.05) is 23.4 Å². The normalized spacial score (nSPS) is 22.3. The summed E-state index contributed by atoms with van der Waals surface area (Å²) in [6.07, 6.45) is 5.00. The van der Waals surface area contributed by atoms with Crippen molar-refractivity contribution in [3.05, 3.63) is 76.7 Å². The lowest BCUT2D eigenvalue weighted by Crippen LogP contribution is -2.30. The molecule has 2 heterocycles. The molecule has 2 aliphatic carbocycles. The van der Waals surface area contributed by atoms with Crippen molar-refractivity contribution in [2.45, 2.75) is 51.2 Å². The van der Waals surface area contributed by atoms with Gasteiger partial charge in [0.2, 0.25) is 5.88 Å². The number of aromatic nitrogens is 1. The van der Waals surface area contributed by atoms with E-state index in [9.17, 15) is 12.8 Å². The second-order valence-corrected chi connectivity index (χ2v) is 12.4. The summed E-state index contributed by atoms with van der Waals surface area (Å²) in [5, 5.41) is 0. The SMILES string of the molecule is Cc1cc(OC2CCS(=O)(=O)CC2)ncc1-c1ccc(F)c(COc2ccc3c(c2)CC2CC32)c1. The molecular formula is C28H28FNO4S. The molecule has 3 aromatic rings. The third-order valence-electron chi connectivity index (χ3n) is 7.54. The lowest BCUT2D eigenvalue weighted by molar-refractivity contribution is 0.182. The molecule has 0 spiro atoms. The Hall–Kier alpha value is -2.93. The molecule has 0 N–H and O–H groups in total. The molecule has 1 aromatic heterocycles. The molecule has 2 unspecified atom stereocenters. The molecule has 35 heavy (non-hydrogen) atoms. The van der Waals surface area contributed by atoms with Crippen LogP contribution in [0.1, 0.15) is 47.4 Å². The molecule has 7 heteroatoms. The van der Waals surface area contributed by atoms with Crippen molar-refractivity contribution in [1.82, 2.24) is 4.98 Å². The van der Waals surface area contributed by atoms with E-state index >= 15 is 0 Å². The minimum atomic E-state index is -2.93. The molecule has 6 rings (SSSR count). The molecule has 3 aliphatic rings. The summed E-state index contributed by atoms with van der Waals surface area (Å²) in [5.41, 5.74) is 6.03. The van der Waals surface area contributed by atoms with Gasteiger partial charge in [-0.05, 0) is 91.0 Å². The number of ether oxygens (including phenoxy) is 2. The van der Waals surface area contributed by atoms with Gasteiger partial charge < -0.3 is 9.47 Å². The minimum Gasteiger partial charge on any atom is -0.489 e. The highest BCUT2D eigenvalue weighted by atomic mass is 32.2. The molecule has 182 valence electrons. The van der Waals surface area contributed by atoms with Gasteiger partial charge >= 0.3 is 0 Å². The summed E-state index contributed by atoms with van der Waals surface area (Å²) in [5.74, 6) is 2.85. The molecule has 2 atom stereocenters. The molecule has 1 saturated heterocycles. The van der Waals surface area contributed by atoms with E-state index in [0.717, 1.165) is 40.7 Å². The number of pyridine rings is 1. The zero-order valence-electron chi connectivity index (χ0n) is 19.7. The van der Waals surface area contributed by atoms with E-state index in [1.807, 2.05) is 25.1 Å². The molecule has 1 aliphatic heterocycles. The molecular weight excluding hydrogens is 465 g/mol. The number of benzene rings is 2. The first-order valence-corrected chi connectivity index (χ1v) is 14.0. The van der Waals surface area contributed by atoms with Crippen LogP contribution in [0.3, 0.4) is 0 Å². The van der Waals surface area contributed by atoms with Crippen LogP contribution in [0.15, 0.2) is 48.7 Å². The maximum absolute atomic E-state index is 14.6. The first-order valence-electron chi connectivity index (χ1n) is 12.2. The molecule has 0 bridgehead atoms. The second-order valence-electron chi connectivity index (χ2n) is 10.1. The number of hydrogen-bond acceptors (Lipinski definition) is 5. The van der Waals surface area contributed by atoms with Crippen LogP contribution in [0.2, 0.25) is 0 Å². The summed E-state index contributed by atoms with van der Waals surface area (Å²) in [4.78, 5) is 4.44. The Bertz CT molecular complexity index is 1390. The van der Waals surface area contributed by atoms with E-state index in [2.05, 4.69) is 17.1 Å². The fourth-order valence-electron chi connectivity index (χ4n) is 5.41. The molecule has 2 fully saturated rings. The third-order valence-corrected chi connectivity index (χ3v) is 9.26. The van der Waals surface area contributed by atoms with Crippen LogP contribution in [0.25, 0.3) is 11.1 Å². The van der Waals surface area contributed by atoms with Crippen LogP contribution >= 0.6 is 0 Å². The number of halogens is 1. The van der Waals surface area contributed by atoms with E-state index in [1.165, 1.54) is 23.6 Å². The van der Waals surface area contributed by atoms with Gasteiger partial charge in [0.05, 0.1) is 11.5 Å². The van der Waals surface area contributed by atoms with Crippen LogP contribution in [-0.2, 0) is 22.9 Å². The summed E-state index contributed by atoms with van der Waals surface area (Å²) < 4.78 is 49.8.